The lowest BCUT2D eigenvalue weighted by atomic mass is 10.1. The molecule has 2 rings (SSSR count). The third kappa shape index (κ3) is 5.04. The molecule has 3 N–H and O–H groups in total. The minimum absolute atomic E-state index is 0.152. The molecule has 24 heavy (non-hydrogen) atoms. The van der Waals surface area contributed by atoms with Crippen molar-refractivity contribution in [3.8, 4) is 5.75 Å². The summed E-state index contributed by atoms with van der Waals surface area (Å²) in [7, 11) is 1.49. The van der Waals surface area contributed by atoms with Crippen LogP contribution < -0.4 is 15.8 Å². The maximum atomic E-state index is 13.1. The summed E-state index contributed by atoms with van der Waals surface area (Å²) in [6, 6.07) is 10.8. The molecule has 0 saturated heterocycles. The molecule has 1 unspecified atom stereocenters. The van der Waals surface area contributed by atoms with Crippen LogP contribution in [0.4, 0.5) is 10.1 Å². The van der Waals surface area contributed by atoms with Crippen LogP contribution in [-0.4, -0.2) is 25.7 Å². The van der Waals surface area contributed by atoms with E-state index in [0.29, 0.717) is 11.4 Å². The summed E-state index contributed by atoms with van der Waals surface area (Å²) >= 11 is 0. The highest BCUT2D eigenvalue weighted by molar-refractivity contribution is 5.95. The largest absolute Gasteiger partial charge is 0.489 e. The van der Waals surface area contributed by atoms with Crippen molar-refractivity contribution in [3.63, 3.8) is 0 Å². The van der Waals surface area contributed by atoms with Gasteiger partial charge in [-0.15, -0.1) is 0 Å². The van der Waals surface area contributed by atoms with Crippen molar-refractivity contribution in [2.24, 2.45) is 5.73 Å². The van der Waals surface area contributed by atoms with Crippen molar-refractivity contribution < 1.29 is 18.7 Å². The maximum Gasteiger partial charge on any atom is 0.243 e. The summed E-state index contributed by atoms with van der Waals surface area (Å²) in [5.41, 5.74) is 7.93. The van der Waals surface area contributed by atoms with E-state index in [0.717, 1.165) is 11.1 Å². The summed E-state index contributed by atoms with van der Waals surface area (Å²) in [4.78, 5) is 11.9. The number of carbonyl (C=O) groups is 1. The lowest BCUT2D eigenvalue weighted by molar-refractivity contribution is -0.118. The Morgan fingerprint density at radius 1 is 1.29 bits per heavy atom. The van der Waals surface area contributed by atoms with Crippen LogP contribution in [0.5, 0.6) is 5.75 Å². The van der Waals surface area contributed by atoms with Crippen molar-refractivity contribution in [1.29, 1.82) is 0 Å². The molecular formula is C18H21FN2O3. The number of hydrogen-bond donors (Lipinski definition) is 2. The van der Waals surface area contributed by atoms with Gasteiger partial charge in [-0.1, -0.05) is 12.1 Å². The van der Waals surface area contributed by atoms with Crippen molar-refractivity contribution >= 4 is 11.6 Å². The molecule has 0 aliphatic rings. The van der Waals surface area contributed by atoms with E-state index in [1.165, 1.54) is 19.2 Å². The van der Waals surface area contributed by atoms with Gasteiger partial charge in [-0.25, -0.2) is 4.39 Å². The standard InChI is InChI=1S/C18H21FN2O3/c1-12-8-15(24-10-13-4-3-5-14(19)9-13)6-7-17(12)21-18(22)16(20)11-23-2/h3-9,16H,10-11,20H2,1-2H3,(H,21,22). The number of nitrogens with two attached hydrogens (primary N) is 1. The van der Waals surface area contributed by atoms with Crippen molar-refractivity contribution in [3.05, 3.63) is 59.4 Å². The van der Waals surface area contributed by atoms with E-state index in [1.807, 2.05) is 6.92 Å². The molecule has 1 amide bonds. The van der Waals surface area contributed by atoms with Gasteiger partial charge in [-0.3, -0.25) is 4.79 Å². The van der Waals surface area contributed by atoms with Crippen LogP contribution in [0, 0.1) is 12.7 Å². The van der Waals surface area contributed by atoms with E-state index in [1.54, 1.807) is 30.3 Å². The molecular weight excluding hydrogens is 311 g/mol. The number of amides is 1. The molecule has 0 fully saturated rings. The number of anilines is 1. The lowest BCUT2D eigenvalue weighted by Gasteiger charge is -2.14. The topological polar surface area (TPSA) is 73.6 Å². The molecule has 0 aliphatic carbocycles. The van der Waals surface area contributed by atoms with E-state index in [-0.39, 0.29) is 24.9 Å². The van der Waals surface area contributed by atoms with Gasteiger partial charge in [-0.2, -0.15) is 0 Å². The predicted octanol–water partition coefficient (Wildman–Crippen LogP) is 2.63. The number of hydrogen-bond acceptors (Lipinski definition) is 4. The number of rotatable bonds is 7. The number of carbonyl (C=O) groups excluding carboxylic acids is 1. The van der Waals surface area contributed by atoms with Gasteiger partial charge in [0.05, 0.1) is 6.61 Å². The molecule has 5 nitrogen and oxygen atoms in total. The van der Waals surface area contributed by atoms with Crippen LogP contribution in [0.3, 0.4) is 0 Å². The molecule has 0 bridgehead atoms. The first kappa shape index (κ1) is 17.9. The van der Waals surface area contributed by atoms with Crippen LogP contribution >= 0.6 is 0 Å². The number of benzene rings is 2. The van der Waals surface area contributed by atoms with Gasteiger partial charge in [-0.05, 0) is 48.4 Å². The highest BCUT2D eigenvalue weighted by atomic mass is 19.1. The monoisotopic (exact) mass is 332 g/mol. The molecule has 0 radical (unpaired) electrons. The Morgan fingerprint density at radius 3 is 2.75 bits per heavy atom. The Labute approximate surface area is 140 Å². The minimum Gasteiger partial charge on any atom is -0.489 e. The Morgan fingerprint density at radius 2 is 2.08 bits per heavy atom. The van der Waals surface area contributed by atoms with Gasteiger partial charge in [0.15, 0.2) is 0 Å². The normalized spacial score (nSPS) is 11.8. The number of nitrogens with one attached hydrogen (secondary N) is 1. The predicted molar refractivity (Wildman–Crippen MR) is 90.4 cm³/mol. The number of methoxy groups -OCH3 is 1. The van der Waals surface area contributed by atoms with Crippen molar-refractivity contribution in [2.45, 2.75) is 19.6 Å². The fourth-order valence-electron chi connectivity index (χ4n) is 2.14. The molecule has 2 aromatic rings. The second-order valence-corrected chi connectivity index (χ2v) is 5.45. The quantitative estimate of drug-likeness (QED) is 0.817. The number of aryl methyl sites for hydroxylation is 1. The van der Waals surface area contributed by atoms with E-state index in [9.17, 15) is 9.18 Å². The van der Waals surface area contributed by atoms with Gasteiger partial charge >= 0.3 is 0 Å². The van der Waals surface area contributed by atoms with Crippen molar-refractivity contribution in [1.82, 2.24) is 0 Å². The average molecular weight is 332 g/mol. The molecule has 1 atom stereocenters. The van der Waals surface area contributed by atoms with Crippen molar-refractivity contribution in [2.75, 3.05) is 19.0 Å². The lowest BCUT2D eigenvalue weighted by Crippen LogP contribution is -2.39. The zero-order chi connectivity index (χ0) is 17.5. The maximum absolute atomic E-state index is 13.1. The summed E-state index contributed by atoms with van der Waals surface area (Å²) in [6.07, 6.45) is 0. The third-order valence-electron chi connectivity index (χ3n) is 3.43. The van der Waals surface area contributed by atoms with Gasteiger partial charge in [0.1, 0.15) is 24.2 Å². The summed E-state index contributed by atoms with van der Waals surface area (Å²) in [5.74, 6) is 0.0297. The van der Waals surface area contributed by atoms with E-state index in [2.05, 4.69) is 5.32 Å². The Hall–Kier alpha value is -2.44. The van der Waals surface area contributed by atoms with E-state index >= 15 is 0 Å². The number of halogens is 1. The molecule has 0 aliphatic heterocycles. The highest BCUT2D eigenvalue weighted by Crippen LogP contribution is 2.22. The second kappa shape index (κ2) is 8.42. The molecule has 6 heteroatoms. The molecule has 0 aromatic heterocycles. The first-order valence-electron chi connectivity index (χ1n) is 7.53. The average Bonchev–Trinajstić information content (AvgIpc) is 2.55. The van der Waals surface area contributed by atoms with Crippen LogP contribution in [0.1, 0.15) is 11.1 Å². The van der Waals surface area contributed by atoms with Crippen LogP contribution in [0.15, 0.2) is 42.5 Å². The van der Waals surface area contributed by atoms with Gasteiger partial charge < -0.3 is 20.5 Å². The fourth-order valence-corrected chi connectivity index (χ4v) is 2.14. The molecule has 128 valence electrons. The SMILES string of the molecule is COCC(N)C(=O)Nc1ccc(OCc2cccc(F)c2)cc1C. The summed E-state index contributed by atoms with van der Waals surface area (Å²) in [5, 5.41) is 2.75. The second-order valence-electron chi connectivity index (χ2n) is 5.45. The van der Waals surface area contributed by atoms with Crippen LogP contribution in [0.25, 0.3) is 0 Å². The first-order valence-corrected chi connectivity index (χ1v) is 7.53. The van der Waals surface area contributed by atoms with Crippen LogP contribution in [-0.2, 0) is 16.1 Å². The zero-order valence-electron chi connectivity index (χ0n) is 13.7. The van der Waals surface area contributed by atoms with Gasteiger partial charge in [0.2, 0.25) is 5.91 Å². The van der Waals surface area contributed by atoms with E-state index < -0.39 is 6.04 Å². The zero-order valence-corrected chi connectivity index (χ0v) is 13.7. The fraction of sp³-hybridized carbons (Fsp3) is 0.278. The molecule has 0 heterocycles. The van der Waals surface area contributed by atoms with E-state index in [4.69, 9.17) is 15.2 Å². The molecule has 0 saturated carbocycles. The Bertz CT molecular complexity index is 706. The highest BCUT2D eigenvalue weighted by Gasteiger charge is 2.14. The third-order valence-corrected chi connectivity index (χ3v) is 3.43. The Balaban J connectivity index is 1.97. The van der Waals surface area contributed by atoms with Gasteiger partial charge in [0.25, 0.3) is 0 Å². The first-order chi connectivity index (χ1) is 11.5. The smallest absolute Gasteiger partial charge is 0.243 e. The Kier molecular flexibility index (Phi) is 6.28. The molecule has 0 spiro atoms. The summed E-state index contributed by atoms with van der Waals surface area (Å²) in [6.45, 7) is 2.27. The van der Waals surface area contributed by atoms with Gasteiger partial charge in [0, 0.05) is 12.8 Å². The number of ether oxygens (including phenoxy) is 2. The summed E-state index contributed by atoms with van der Waals surface area (Å²) < 4.78 is 23.6. The minimum atomic E-state index is -0.724. The van der Waals surface area contributed by atoms with Crippen LogP contribution in [0.2, 0.25) is 0 Å². The molecule has 2 aromatic carbocycles.